The van der Waals surface area contributed by atoms with Crippen molar-refractivity contribution in [2.24, 2.45) is 5.73 Å². The molecule has 16 heavy (non-hydrogen) atoms. The summed E-state index contributed by atoms with van der Waals surface area (Å²) in [6.07, 6.45) is 5.05. The number of nitrogen functional groups attached to an aromatic ring is 1. The van der Waals surface area contributed by atoms with Crippen LogP contribution in [0.25, 0.3) is 0 Å². The van der Waals surface area contributed by atoms with Gasteiger partial charge in [-0.3, -0.25) is 4.79 Å². The van der Waals surface area contributed by atoms with Crippen molar-refractivity contribution in [3.8, 4) is 0 Å². The van der Waals surface area contributed by atoms with Gasteiger partial charge in [-0.15, -0.1) is 5.10 Å². The first-order valence-corrected chi connectivity index (χ1v) is 4.75. The number of nitrogens with zero attached hydrogens (tertiary/aromatic N) is 3. The van der Waals surface area contributed by atoms with Crippen molar-refractivity contribution in [3.63, 3.8) is 0 Å². The summed E-state index contributed by atoms with van der Waals surface area (Å²) >= 11 is 0. The highest BCUT2D eigenvalue weighted by molar-refractivity contribution is 5.83. The Hall–Kier alpha value is -2.15. The molecule has 0 amide bonds. The Kier molecular flexibility index (Phi) is 2.69. The van der Waals surface area contributed by atoms with Crippen molar-refractivity contribution in [2.45, 2.75) is 12.5 Å². The molecule has 7 nitrogen and oxygen atoms in total. The van der Waals surface area contributed by atoms with Gasteiger partial charge in [-0.25, -0.2) is 9.67 Å². The Bertz CT molecular complexity index is 474. The summed E-state index contributed by atoms with van der Waals surface area (Å²) in [4.78, 5) is 18.5. The number of aromatic nitrogens is 4. The fourth-order valence-electron chi connectivity index (χ4n) is 1.35. The van der Waals surface area contributed by atoms with Crippen LogP contribution in [0.3, 0.4) is 0 Å². The molecule has 0 saturated carbocycles. The van der Waals surface area contributed by atoms with Crippen molar-refractivity contribution in [2.75, 3.05) is 5.73 Å². The molecule has 0 bridgehead atoms. The van der Waals surface area contributed by atoms with Crippen molar-refractivity contribution < 1.29 is 4.79 Å². The van der Waals surface area contributed by atoms with Crippen LogP contribution in [0.1, 0.15) is 10.5 Å². The summed E-state index contributed by atoms with van der Waals surface area (Å²) in [6, 6.07) is 0.876. The Morgan fingerprint density at radius 2 is 2.44 bits per heavy atom. The molecule has 0 aliphatic heterocycles. The maximum absolute atomic E-state index is 11.8. The van der Waals surface area contributed by atoms with Crippen LogP contribution in [0.2, 0.25) is 0 Å². The molecule has 84 valence electrons. The van der Waals surface area contributed by atoms with Gasteiger partial charge in [0.15, 0.2) is 0 Å². The molecule has 2 heterocycles. The molecule has 2 aromatic heterocycles. The predicted octanol–water partition coefficient (Wildman–Crippen LogP) is -0.601. The van der Waals surface area contributed by atoms with Crippen LogP contribution in [-0.2, 0) is 6.42 Å². The van der Waals surface area contributed by atoms with Crippen LogP contribution in [0.15, 0.2) is 24.8 Å². The summed E-state index contributed by atoms with van der Waals surface area (Å²) < 4.78 is 1.15. The number of rotatable bonds is 3. The third-order valence-electron chi connectivity index (χ3n) is 2.15. The third-order valence-corrected chi connectivity index (χ3v) is 2.15. The minimum atomic E-state index is -0.667. The van der Waals surface area contributed by atoms with Crippen molar-refractivity contribution >= 4 is 11.7 Å². The molecular formula is C9H12N6O. The lowest BCUT2D eigenvalue weighted by atomic mass is 10.2. The number of nitrogens with two attached hydrogens (primary N) is 2. The van der Waals surface area contributed by atoms with Gasteiger partial charge in [0, 0.05) is 30.6 Å². The SMILES string of the molecule is Nc1ccn(C(=O)[C@@H](N)Cc2cnc[nH]2)n1. The number of anilines is 1. The maximum Gasteiger partial charge on any atom is 0.264 e. The molecule has 2 rings (SSSR count). The van der Waals surface area contributed by atoms with Gasteiger partial charge in [-0.2, -0.15) is 0 Å². The normalized spacial score (nSPS) is 12.6. The molecule has 0 radical (unpaired) electrons. The molecule has 0 unspecified atom stereocenters. The van der Waals surface area contributed by atoms with E-state index in [0.717, 1.165) is 10.4 Å². The maximum atomic E-state index is 11.8. The predicted molar refractivity (Wildman–Crippen MR) is 57.5 cm³/mol. The lowest BCUT2D eigenvalue weighted by Crippen LogP contribution is -2.37. The molecule has 0 spiro atoms. The minimum Gasteiger partial charge on any atom is -0.382 e. The van der Waals surface area contributed by atoms with E-state index in [2.05, 4.69) is 15.1 Å². The van der Waals surface area contributed by atoms with Gasteiger partial charge in [0.1, 0.15) is 5.82 Å². The molecule has 7 heteroatoms. The van der Waals surface area contributed by atoms with Crippen molar-refractivity contribution in [1.29, 1.82) is 0 Å². The van der Waals surface area contributed by atoms with E-state index >= 15 is 0 Å². The number of hydrogen-bond donors (Lipinski definition) is 3. The van der Waals surface area contributed by atoms with Crippen LogP contribution in [0.5, 0.6) is 0 Å². The van der Waals surface area contributed by atoms with E-state index in [1.165, 1.54) is 6.20 Å². The topological polar surface area (TPSA) is 116 Å². The highest BCUT2D eigenvalue weighted by Crippen LogP contribution is 2.01. The summed E-state index contributed by atoms with van der Waals surface area (Å²) in [5, 5.41) is 3.80. The standard InChI is InChI=1S/C9H12N6O/c10-7(3-6-4-12-5-13-6)9(16)15-2-1-8(11)14-15/h1-2,4-5,7H,3,10H2,(H2,11,14)(H,12,13)/t7-/m0/s1. The average Bonchev–Trinajstić information content (AvgIpc) is 2.88. The van der Waals surface area contributed by atoms with Gasteiger partial charge in [0.2, 0.25) is 0 Å². The largest absolute Gasteiger partial charge is 0.382 e. The number of aromatic amines is 1. The van der Waals surface area contributed by atoms with Crippen molar-refractivity contribution in [1.82, 2.24) is 19.7 Å². The molecule has 0 saturated heterocycles. The molecule has 2 aromatic rings. The van der Waals surface area contributed by atoms with Gasteiger partial charge in [-0.05, 0) is 0 Å². The smallest absolute Gasteiger partial charge is 0.264 e. The highest BCUT2D eigenvalue weighted by Gasteiger charge is 2.17. The summed E-state index contributed by atoms with van der Waals surface area (Å²) in [7, 11) is 0. The average molecular weight is 220 g/mol. The second-order valence-electron chi connectivity index (χ2n) is 3.41. The van der Waals surface area contributed by atoms with Crippen molar-refractivity contribution in [3.05, 3.63) is 30.5 Å². The van der Waals surface area contributed by atoms with E-state index in [0.29, 0.717) is 12.2 Å². The van der Waals surface area contributed by atoms with E-state index in [4.69, 9.17) is 11.5 Å². The molecule has 0 aliphatic rings. The number of imidazole rings is 1. The van der Waals surface area contributed by atoms with E-state index in [1.54, 1.807) is 18.6 Å². The van der Waals surface area contributed by atoms with Crippen LogP contribution in [0, 0.1) is 0 Å². The van der Waals surface area contributed by atoms with Crippen LogP contribution in [-0.4, -0.2) is 31.7 Å². The zero-order chi connectivity index (χ0) is 11.5. The molecular weight excluding hydrogens is 208 g/mol. The highest BCUT2D eigenvalue weighted by atomic mass is 16.2. The molecule has 0 aliphatic carbocycles. The van der Waals surface area contributed by atoms with Crippen LogP contribution in [0.4, 0.5) is 5.82 Å². The van der Waals surface area contributed by atoms with Gasteiger partial charge in [0.25, 0.3) is 5.91 Å². The first-order chi connectivity index (χ1) is 7.66. The molecule has 0 fully saturated rings. The fourth-order valence-corrected chi connectivity index (χ4v) is 1.35. The number of H-pyrrole nitrogens is 1. The second-order valence-corrected chi connectivity index (χ2v) is 3.41. The Balaban J connectivity index is 2.05. The Morgan fingerprint density at radius 3 is 3.00 bits per heavy atom. The number of hydrogen-bond acceptors (Lipinski definition) is 5. The third kappa shape index (κ3) is 2.09. The lowest BCUT2D eigenvalue weighted by Gasteiger charge is -2.08. The zero-order valence-corrected chi connectivity index (χ0v) is 8.50. The fraction of sp³-hybridized carbons (Fsp3) is 0.222. The second kappa shape index (κ2) is 4.15. The molecule has 0 aromatic carbocycles. The Morgan fingerprint density at radius 1 is 1.62 bits per heavy atom. The summed E-state index contributed by atoms with van der Waals surface area (Å²) in [5.74, 6) is -0.00612. The van der Waals surface area contributed by atoms with E-state index < -0.39 is 6.04 Å². The quantitative estimate of drug-likeness (QED) is 0.638. The first kappa shape index (κ1) is 10.4. The van der Waals surface area contributed by atoms with Gasteiger partial charge in [-0.1, -0.05) is 0 Å². The number of nitrogens with one attached hydrogen (secondary N) is 1. The lowest BCUT2D eigenvalue weighted by molar-refractivity contribution is 0.0862. The van der Waals surface area contributed by atoms with Gasteiger partial charge in [0.05, 0.1) is 12.4 Å². The number of carbonyl (C=O) groups is 1. The summed E-state index contributed by atoms with van der Waals surface area (Å²) in [5.41, 5.74) is 12.0. The van der Waals surface area contributed by atoms with E-state index in [9.17, 15) is 4.79 Å². The van der Waals surface area contributed by atoms with Gasteiger partial charge < -0.3 is 16.5 Å². The molecule has 5 N–H and O–H groups in total. The minimum absolute atomic E-state index is 0.294. The van der Waals surface area contributed by atoms with Gasteiger partial charge >= 0.3 is 0 Å². The van der Waals surface area contributed by atoms with E-state index in [1.807, 2.05) is 0 Å². The summed E-state index contributed by atoms with van der Waals surface area (Å²) in [6.45, 7) is 0. The Labute approximate surface area is 91.5 Å². The van der Waals surface area contributed by atoms with Crippen LogP contribution < -0.4 is 11.5 Å². The molecule has 1 atom stereocenters. The van der Waals surface area contributed by atoms with Crippen LogP contribution >= 0.6 is 0 Å². The number of carbonyl (C=O) groups excluding carboxylic acids is 1. The zero-order valence-electron chi connectivity index (χ0n) is 8.50. The van der Waals surface area contributed by atoms with E-state index in [-0.39, 0.29) is 5.91 Å². The first-order valence-electron chi connectivity index (χ1n) is 4.75. The monoisotopic (exact) mass is 220 g/mol.